The number of aryl methyl sites for hydroxylation is 1. The molecule has 0 spiro atoms. The molecule has 0 amide bonds. The van der Waals surface area contributed by atoms with Crippen LogP contribution in [0.5, 0.6) is 0 Å². The van der Waals surface area contributed by atoms with Crippen molar-refractivity contribution in [2.24, 2.45) is 17.8 Å². The van der Waals surface area contributed by atoms with Crippen LogP contribution in [0.25, 0.3) is 0 Å². The smallest absolute Gasteiger partial charge is 0.155 e. The molecule has 6 rings (SSSR count). The van der Waals surface area contributed by atoms with E-state index < -0.39 is 0 Å². The number of rotatable bonds is 7. The van der Waals surface area contributed by atoms with Gasteiger partial charge in [-0.05, 0) is 62.7 Å². The second-order valence-corrected chi connectivity index (χ2v) is 8.89. The van der Waals surface area contributed by atoms with Crippen LogP contribution in [-0.2, 0) is 6.54 Å². The van der Waals surface area contributed by atoms with E-state index in [1.54, 1.807) is 12.5 Å². The highest BCUT2D eigenvalue weighted by molar-refractivity contribution is 5.74. The molecule has 2 aromatic heterocycles. The van der Waals surface area contributed by atoms with Gasteiger partial charge in [0.2, 0.25) is 0 Å². The molecule has 27 heavy (non-hydrogen) atoms. The minimum Gasteiger partial charge on any atom is -0.393 e. The number of nitrogens with one attached hydrogen (secondary N) is 2. The van der Waals surface area contributed by atoms with E-state index in [0.717, 1.165) is 48.9 Å². The third-order valence-corrected chi connectivity index (χ3v) is 6.75. The molecule has 4 N–H and O–H groups in total. The summed E-state index contributed by atoms with van der Waals surface area (Å²) in [5.74, 6) is 4.24. The fourth-order valence-corrected chi connectivity index (χ4v) is 6.04. The van der Waals surface area contributed by atoms with E-state index >= 15 is 0 Å². The first kappa shape index (κ1) is 16.8. The van der Waals surface area contributed by atoms with Crippen LogP contribution >= 0.6 is 0 Å². The topological polar surface area (TPSA) is 93.7 Å². The zero-order valence-corrected chi connectivity index (χ0v) is 15.8. The van der Waals surface area contributed by atoms with Gasteiger partial charge in [0.1, 0.15) is 12.0 Å². The van der Waals surface area contributed by atoms with Gasteiger partial charge in [-0.2, -0.15) is 0 Å². The van der Waals surface area contributed by atoms with E-state index in [1.165, 1.54) is 38.5 Å². The normalized spacial score (nSPS) is 31.2. The summed E-state index contributed by atoms with van der Waals surface area (Å²) in [4.78, 5) is 12.9. The highest BCUT2D eigenvalue weighted by Crippen LogP contribution is 2.56. The molecule has 144 valence electrons. The van der Waals surface area contributed by atoms with Crippen LogP contribution in [0, 0.1) is 17.8 Å². The van der Waals surface area contributed by atoms with Gasteiger partial charge in [0.25, 0.3) is 0 Å². The minimum absolute atomic E-state index is 0.204. The summed E-state index contributed by atoms with van der Waals surface area (Å²) in [5, 5.41) is 7.15. The van der Waals surface area contributed by atoms with E-state index in [9.17, 15) is 0 Å². The Morgan fingerprint density at radius 1 is 1.07 bits per heavy atom. The van der Waals surface area contributed by atoms with Crippen molar-refractivity contribution in [1.82, 2.24) is 19.5 Å². The minimum atomic E-state index is 0.204. The van der Waals surface area contributed by atoms with Gasteiger partial charge >= 0.3 is 0 Å². The predicted molar refractivity (Wildman–Crippen MR) is 106 cm³/mol. The van der Waals surface area contributed by atoms with Crippen molar-refractivity contribution in [2.45, 2.75) is 57.0 Å². The van der Waals surface area contributed by atoms with E-state index in [4.69, 9.17) is 5.73 Å². The van der Waals surface area contributed by atoms with Gasteiger partial charge < -0.3 is 20.9 Å². The summed E-state index contributed by atoms with van der Waals surface area (Å²) >= 11 is 0. The number of nitrogens with zero attached hydrogens (tertiary/aromatic N) is 4. The number of nitrogen functional groups attached to an aromatic ring is 1. The van der Waals surface area contributed by atoms with Crippen molar-refractivity contribution in [2.75, 3.05) is 22.9 Å². The van der Waals surface area contributed by atoms with Crippen LogP contribution in [0.4, 0.5) is 17.3 Å². The molecule has 7 nitrogen and oxygen atoms in total. The van der Waals surface area contributed by atoms with Gasteiger partial charge in [-0.25, -0.2) is 15.0 Å². The average molecular weight is 368 g/mol. The van der Waals surface area contributed by atoms with E-state index in [-0.39, 0.29) is 5.54 Å². The molecule has 2 aromatic rings. The van der Waals surface area contributed by atoms with Crippen LogP contribution in [0.3, 0.4) is 0 Å². The number of anilines is 3. The Labute approximate surface area is 160 Å². The summed E-state index contributed by atoms with van der Waals surface area (Å²) in [5.41, 5.74) is 7.28. The fraction of sp³-hybridized carbons (Fsp3) is 0.650. The third-order valence-electron chi connectivity index (χ3n) is 6.75. The van der Waals surface area contributed by atoms with E-state index in [2.05, 4.69) is 30.2 Å². The first-order chi connectivity index (χ1) is 13.2. The number of aromatic nitrogens is 4. The Balaban J connectivity index is 1.23. The SMILES string of the molecule is Nc1c(NCCCn2ccnc2)ncnc1NC12CC3CC(CC(C3)C1)C2. The molecular weight excluding hydrogens is 338 g/mol. The van der Waals surface area contributed by atoms with Gasteiger partial charge in [0.15, 0.2) is 11.6 Å². The Hall–Kier alpha value is -2.31. The van der Waals surface area contributed by atoms with Crippen LogP contribution in [0.15, 0.2) is 25.0 Å². The first-order valence-corrected chi connectivity index (χ1v) is 10.3. The van der Waals surface area contributed by atoms with Gasteiger partial charge in [0.05, 0.1) is 6.33 Å². The molecule has 0 aliphatic heterocycles. The Morgan fingerprint density at radius 2 is 1.78 bits per heavy atom. The van der Waals surface area contributed by atoms with Gasteiger partial charge in [-0.1, -0.05) is 0 Å². The molecule has 7 heteroatoms. The molecule has 4 aliphatic carbocycles. The standard InChI is InChI=1S/C20H29N7/c21-17-18(23-2-1-4-27-5-3-22-13-27)24-12-25-19(17)26-20-9-14-6-15(10-20)8-16(7-14)11-20/h3,5,12-16H,1-2,4,6-11,21H2,(H2,23,24,25,26). The Bertz CT molecular complexity index is 750. The van der Waals surface area contributed by atoms with Crippen LogP contribution in [-0.4, -0.2) is 31.6 Å². The molecule has 4 bridgehead atoms. The van der Waals surface area contributed by atoms with E-state index in [1.807, 2.05) is 12.5 Å². The van der Waals surface area contributed by atoms with Gasteiger partial charge in [-0.3, -0.25) is 0 Å². The second kappa shape index (κ2) is 6.69. The molecule has 0 radical (unpaired) electrons. The van der Waals surface area contributed by atoms with Crippen molar-refractivity contribution in [3.8, 4) is 0 Å². The molecule has 0 saturated heterocycles. The molecule has 4 aliphatic rings. The van der Waals surface area contributed by atoms with Crippen molar-refractivity contribution in [3.63, 3.8) is 0 Å². The molecule has 4 fully saturated rings. The maximum Gasteiger partial charge on any atom is 0.155 e. The fourth-order valence-electron chi connectivity index (χ4n) is 6.04. The second-order valence-electron chi connectivity index (χ2n) is 8.89. The predicted octanol–water partition coefficient (Wildman–Crippen LogP) is 3.14. The maximum atomic E-state index is 6.42. The molecule has 4 saturated carbocycles. The zero-order chi connectivity index (χ0) is 18.3. The number of imidazole rings is 1. The van der Waals surface area contributed by atoms with Crippen LogP contribution in [0.2, 0.25) is 0 Å². The molecule has 0 unspecified atom stereocenters. The molecule has 2 heterocycles. The summed E-state index contributed by atoms with van der Waals surface area (Å²) in [6.07, 6.45) is 16.4. The van der Waals surface area contributed by atoms with Crippen molar-refractivity contribution < 1.29 is 0 Å². The first-order valence-electron chi connectivity index (χ1n) is 10.3. The molecule has 0 aromatic carbocycles. The van der Waals surface area contributed by atoms with Crippen molar-refractivity contribution >= 4 is 17.3 Å². The molecule has 0 atom stereocenters. The number of hydrogen-bond donors (Lipinski definition) is 3. The lowest BCUT2D eigenvalue weighted by molar-refractivity contribution is 0.0106. The highest BCUT2D eigenvalue weighted by atomic mass is 15.1. The Kier molecular flexibility index (Phi) is 4.17. The van der Waals surface area contributed by atoms with Gasteiger partial charge in [-0.15, -0.1) is 0 Å². The highest BCUT2D eigenvalue weighted by Gasteiger charge is 2.51. The Morgan fingerprint density at radius 3 is 2.44 bits per heavy atom. The van der Waals surface area contributed by atoms with E-state index in [0.29, 0.717) is 5.69 Å². The zero-order valence-electron chi connectivity index (χ0n) is 15.8. The monoisotopic (exact) mass is 367 g/mol. The number of hydrogen-bond acceptors (Lipinski definition) is 6. The third kappa shape index (κ3) is 3.35. The molecular formula is C20H29N7. The summed E-state index contributed by atoms with van der Waals surface area (Å²) in [7, 11) is 0. The quantitative estimate of drug-likeness (QED) is 0.651. The lowest BCUT2D eigenvalue weighted by Gasteiger charge is -2.57. The largest absolute Gasteiger partial charge is 0.393 e. The summed E-state index contributed by atoms with van der Waals surface area (Å²) in [6.45, 7) is 1.74. The maximum absolute atomic E-state index is 6.42. The van der Waals surface area contributed by atoms with Crippen molar-refractivity contribution in [3.05, 3.63) is 25.0 Å². The lowest BCUT2D eigenvalue weighted by Crippen LogP contribution is -2.55. The van der Waals surface area contributed by atoms with Crippen LogP contribution in [0.1, 0.15) is 44.9 Å². The number of nitrogens with two attached hydrogens (primary N) is 1. The van der Waals surface area contributed by atoms with Gasteiger partial charge in [0, 0.05) is 31.0 Å². The summed E-state index contributed by atoms with van der Waals surface area (Å²) in [6, 6.07) is 0. The average Bonchev–Trinajstić information content (AvgIpc) is 3.14. The lowest BCUT2D eigenvalue weighted by atomic mass is 9.53. The summed E-state index contributed by atoms with van der Waals surface area (Å²) < 4.78 is 2.07. The van der Waals surface area contributed by atoms with Crippen LogP contribution < -0.4 is 16.4 Å². The van der Waals surface area contributed by atoms with Crippen molar-refractivity contribution in [1.29, 1.82) is 0 Å².